The van der Waals surface area contributed by atoms with E-state index in [1.165, 1.54) is 37.8 Å². The zero-order valence-electron chi connectivity index (χ0n) is 10.4. The average Bonchev–Trinajstić information content (AvgIpc) is 2.98. The number of carbonyl (C=O) groups is 1. The SMILES string of the molecule is O=C(NC[C@H]1C[C@H]2CC[C@@H]1C2)c1cccc(F)c1. The van der Waals surface area contributed by atoms with Crippen molar-refractivity contribution < 1.29 is 9.18 Å². The molecule has 1 aromatic carbocycles. The van der Waals surface area contributed by atoms with E-state index in [9.17, 15) is 9.18 Å². The number of amides is 1. The Morgan fingerprint density at radius 1 is 1.33 bits per heavy atom. The number of rotatable bonds is 3. The van der Waals surface area contributed by atoms with Gasteiger partial charge in [-0.25, -0.2) is 4.39 Å². The van der Waals surface area contributed by atoms with Gasteiger partial charge in [0.25, 0.3) is 5.91 Å². The van der Waals surface area contributed by atoms with E-state index in [1.807, 2.05) is 0 Å². The van der Waals surface area contributed by atoms with Crippen molar-refractivity contribution in [3.8, 4) is 0 Å². The van der Waals surface area contributed by atoms with Crippen LogP contribution >= 0.6 is 0 Å². The van der Waals surface area contributed by atoms with Crippen molar-refractivity contribution in [3.05, 3.63) is 35.6 Å². The second-order valence-electron chi connectivity index (χ2n) is 5.66. The Hall–Kier alpha value is -1.38. The molecule has 2 bridgehead atoms. The molecule has 2 aliphatic carbocycles. The number of hydrogen-bond acceptors (Lipinski definition) is 1. The van der Waals surface area contributed by atoms with Crippen molar-refractivity contribution in [2.45, 2.75) is 25.7 Å². The van der Waals surface area contributed by atoms with Gasteiger partial charge in [-0.05, 0) is 55.2 Å². The summed E-state index contributed by atoms with van der Waals surface area (Å²) in [5.74, 6) is 1.83. The van der Waals surface area contributed by atoms with Crippen LogP contribution in [-0.4, -0.2) is 12.5 Å². The summed E-state index contributed by atoms with van der Waals surface area (Å²) in [6, 6.07) is 5.86. The van der Waals surface area contributed by atoms with Crippen LogP contribution in [0.25, 0.3) is 0 Å². The molecular weight excluding hydrogens is 229 g/mol. The summed E-state index contributed by atoms with van der Waals surface area (Å²) in [5, 5.41) is 2.95. The van der Waals surface area contributed by atoms with Crippen LogP contribution in [0.3, 0.4) is 0 Å². The molecule has 0 unspecified atom stereocenters. The molecule has 3 heteroatoms. The Labute approximate surface area is 107 Å². The van der Waals surface area contributed by atoms with Gasteiger partial charge >= 0.3 is 0 Å². The number of fused-ring (bicyclic) bond motifs is 2. The first-order valence-electron chi connectivity index (χ1n) is 6.76. The van der Waals surface area contributed by atoms with Crippen LogP contribution in [0.5, 0.6) is 0 Å². The van der Waals surface area contributed by atoms with E-state index in [4.69, 9.17) is 0 Å². The molecular formula is C15H18FNO. The normalized spacial score (nSPS) is 29.5. The predicted molar refractivity (Wildman–Crippen MR) is 67.7 cm³/mol. The first-order chi connectivity index (χ1) is 8.72. The van der Waals surface area contributed by atoms with Crippen LogP contribution in [0.2, 0.25) is 0 Å². The zero-order chi connectivity index (χ0) is 12.5. The molecule has 2 nitrogen and oxygen atoms in total. The Morgan fingerprint density at radius 3 is 2.89 bits per heavy atom. The van der Waals surface area contributed by atoms with Gasteiger partial charge in [-0.3, -0.25) is 4.79 Å². The van der Waals surface area contributed by atoms with Crippen LogP contribution in [0.4, 0.5) is 4.39 Å². The predicted octanol–water partition coefficient (Wildman–Crippen LogP) is 2.99. The standard InChI is InChI=1S/C15H18FNO/c16-14-3-1-2-12(8-14)15(18)17-9-13-7-10-4-5-11(13)6-10/h1-3,8,10-11,13H,4-7,9H2,(H,17,18)/t10-,11+,13+/m0/s1. The van der Waals surface area contributed by atoms with Crippen LogP contribution in [-0.2, 0) is 0 Å². The largest absolute Gasteiger partial charge is 0.352 e. The number of carbonyl (C=O) groups excluding carboxylic acids is 1. The summed E-state index contributed by atoms with van der Waals surface area (Å²) in [7, 11) is 0. The maximum absolute atomic E-state index is 13.0. The number of benzene rings is 1. The molecule has 0 saturated heterocycles. The van der Waals surface area contributed by atoms with E-state index in [0.29, 0.717) is 11.5 Å². The summed E-state index contributed by atoms with van der Waals surface area (Å²) in [4.78, 5) is 11.9. The lowest BCUT2D eigenvalue weighted by Gasteiger charge is -2.21. The van der Waals surface area contributed by atoms with Crippen molar-refractivity contribution in [2.75, 3.05) is 6.54 Å². The fraction of sp³-hybridized carbons (Fsp3) is 0.533. The van der Waals surface area contributed by atoms with Crippen LogP contribution in [0, 0.1) is 23.6 Å². The van der Waals surface area contributed by atoms with Gasteiger partial charge in [0.05, 0.1) is 0 Å². The van der Waals surface area contributed by atoms with Gasteiger partial charge in [0, 0.05) is 12.1 Å². The van der Waals surface area contributed by atoms with E-state index < -0.39 is 0 Å². The summed E-state index contributed by atoms with van der Waals surface area (Å²) < 4.78 is 13.0. The molecule has 2 fully saturated rings. The Balaban J connectivity index is 1.56. The fourth-order valence-electron chi connectivity index (χ4n) is 3.58. The average molecular weight is 247 g/mol. The molecule has 18 heavy (non-hydrogen) atoms. The van der Waals surface area contributed by atoms with Crippen LogP contribution < -0.4 is 5.32 Å². The minimum Gasteiger partial charge on any atom is -0.352 e. The number of nitrogens with one attached hydrogen (secondary N) is 1. The van der Waals surface area contributed by atoms with E-state index in [1.54, 1.807) is 12.1 Å². The number of halogens is 1. The molecule has 0 aromatic heterocycles. The minimum absolute atomic E-state index is 0.155. The van der Waals surface area contributed by atoms with Crippen molar-refractivity contribution >= 4 is 5.91 Å². The smallest absolute Gasteiger partial charge is 0.251 e. The molecule has 1 N–H and O–H groups in total. The Morgan fingerprint density at radius 2 is 2.22 bits per heavy atom. The summed E-state index contributed by atoms with van der Waals surface area (Å²) in [6.45, 7) is 0.747. The molecule has 0 aliphatic heterocycles. The summed E-state index contributed by atoms with van der Waals surface area (Å²) in [5.41, 5.74) is 0.415. The molecule has 3 atom stereocenters. The zero-order valence-corrected chi connectivity index (χ0v) is 10.4. The molecule has 1 amide bonds. The number of hydrogen-bond donors (Lipinski definition) is 1. The molecule has 2 saturated carbocycles. The summed E-state index contributed by atoms with van der Waals surface area (Å²) >= 11 is 0. The van der Waals surface area contributed by atoms with Gasteiger partial charge in [0.1, 0.15) is 5.82 Å². The van der Waals surface area contributed by atoms with Gasteiger partial charge in [0.15, 0.2) is 0 Å². The quantitative estimate of drug-likeness (QED) is 0.874. The van der Waals surface area contributed by atoms with Gasteiger partial charge in [-0.2, -0.15) is 0 Å². The third-order valence-electron chi connectivity index (χ3n) is 4.50. The van der Waals surface area contributed by atoms with Gasteiger partial charge < -0.3 is 5.32 Å². The topological polar surface area (TPSA) is 29.1 Å². The second kappa shape index (κ2) is 4.71. The van der Waals surface area contributed by atoms with E-state index in [-0.39, 0.29) is 11.7 Å². The van der Waals surface area contributed by atoms with Gasteiger partial charge in [-0.15, -0.1) is 0 Å². The first kappa shape index (κ1) is 11.7. The highest BCUT2D eigenvalue weighted by Gasteiger charge is 2.39. The van der Waals surface area contributed by atoms with Crippen LogP contribution in [0.1, 0.15) is 36.0 Å². The van der Waals surface area contributed by atoms with E-state index >= 15 is 0 Å². The minimum atomic E-state index is -0.359. The highest BCUT2D eigenvalue weighted by Crippen LogP contribution is 2.47. The van der Waals surface area contributed by atoms with E-state index in [0.717, 1.165) is 18.4 Å². The van der Waals surface area contributed by atoms with Crippen LogP contribution in [0.15, 0.2) is 24.3 Å². The molecule has 96 valence electrons. The Kier molecular flexibility index (Phi) is 3.06. The van der Waals surface area contributed by atoms with Crippen molar-refractivity contribution in [1.82, 2.24) is 5.32 Å². The first-order valence-corrected chi connectivity index (χ1v) is 6.76. The van der Waals surface area contributed by atoms with E-state index in [2.05, 4.69) is 5.32 Å². The highest BCUT2D eigenvalue weighted by molar-refractivity contribution is 5.94. The monoisotopic (exact) mass is 247 g/mol. The molecule has 0 spiro atoms. The lowest BCUT2D eigenvalue weighted by atomic mass is 9.89. The second-order valence-corrected chi connectivity index (χ2v) is 5.66. The summed E-state index contributed by atoms with van der Waals surface area (Å²) in [6.07, 6.45) is 5.30. The molecule has 0 heterocycles. The highest BCUT2D eigenvalue weighted by atomic mass is 19.1. The lowest BCUT2D eigenvalue weighted by Crippen LogP contribution is -2.31. The third-order valence-corrected chi connectivity index (χ3v) is 4.50. The van der Waals surface area contributed by atoms with Gasteiger partial charge in [0.2, 0.25) is 0 Å². The van der Waals surface area contributed by atoms with Gasteiger partial charge in [-0.1, -0.05) is 12.5 Å². The van der Waals surface area contributed by atoms with Crippen molar-refractivity contribution in [3.63, 3.8) is 0 Å². The van der Waals surface area contributed by atoms with Crippen molar-refractivity contribution in [2.24, 2.45) is 17.8 Å². The van der Waals surface area contributed by atoms with Crippen molar-refractivity contribution in [1.29, 1.82) is 0 Å². The molecule has 0 radical (unpaired) electrons. The third kappa shape index (κ3) is 2.26. The Bertz CT molecular complexity index is 460. The lowest BCUT2D eigenvalue weighted by molar-refractivity contribution is 0.0941. The maximum atomic E-state index is 13.0. The molecule has 1 aromatic rings. The molecule has 3 rings (SSSR count). The fourth-order valence-corrected chi connectivity index (χ4v) is 3.58. The maximum Gasteiger partial charge on any atom is 0.251 e. The molecule has 2 aliphatic rings.